The first-order valence-corrected chi connectivity index (χ1v) is 7.92. The third-order valence-corrected chi connectivity index (χ3v) is 4.12. The molecule has 0 radical (unpaired) electrons. The highest BCUT2D eigenvalue weighted by atomic mass is 16.4. The van der Waals surface area contributed by atoms with E-state index < -0.39 is 11.9 Å². The fourth-order valence-corrected chi connectivity index (χ4v) is 2.73. The number of nitriles is 1. The SMILES string of the molecule is Cc1cccc(CN/C=C(/C#N)C(=O)N2CCC(C(=O)O)CC2)c1. The van der Waals surface area contributed by atoms with Gasteiger partial charge in [-0.3, -0.25) is 9.59 Å². The van der Waals surface area contributed by atoms with E-state index in [0.29, 0.717) is 32.5 Å². The summed E-state index contributed by atoms with van der Waals surface area (Å²) in [6, 6.07) is 9.89. The van der Waals surface area contributed by atoms with E-state index in [1.54, 1.807) is 4.90 Å². The van der Waals surface area contributed by atoms with Gasteiger partial charge in [0, 0.05) is 25.8 Å². The molecule has 0 spiro atoms. The molecule has 1 aromatic rings. The molecule has 6 heteroatoms. The summed E-state index contributed by atoms with van der Waals surface area (Å²) < 4.78 is 0. The molecule has 1 heterocycles. The minimum atomic E-state index is -0.821. The Balaban J connectivity index is 1.92. The molecule has 24 heavy (non-hydrogen) atoms. The van der Waals surface area contributed by atoms with Crippen LogP contribution >= 0.6 is 0 Å². The van der Waals surface area contributed by atoms with Gasteiger partial charge in [0.1, 0.15) is 11.6 Å². The van der Waals surface area contributed by atoms with Gasteiger partial charge in [0.25, 0.3) is 5.91 Å². The van der Waals surface area contributed by atoms with E-state index >= 15 is 0 Å². The summed E-state index contributed by atoms with van der Waals surface area (Å²) in [6.45, 7) is 3.27. The number of amides is 1. The topological polar surface area (TPSA) is 93.4 Å². The van der Waals surface area contributed by atoms with Crippen LogP contribution in [0.15, 0.2) is 36.0 Å². The van der Waals surface area contributed by atoms with Crippen molar-refractivity contribution in [2.24, 2.45) is 5.92 Å². The number of nitrogens with one attached hydrogen (secondary N) is 1. The second-order valence-electron chi connectivity index (χ2n) is 5.94. The first kappa shape index (κ1) is 17.5. The normalized spacial score (nSPS) is 15.7. The number of carboxylic acid groups (broad SMARTS) is 1. The first-order valence-electron chi connectivity index (χ1n) is 7.92. The van der Waals surface area contributed by atoms with Crippen LogP contribution in [0.2, 0.25) is 0 Å². The predicted octanol–water partition coefficient (Wildman–Crippen LogP) is 1.82. The molecule has 2 N–H and O–H groups in total. The third-order valence-electron chi connectivity index (χ3n) is 4.12. The number of likely N-dealkylation sites (tertiary alicyclic amines) is 1. The largest absolute Gasteiger partial charge is 0.481 e. The van der Waals surface area contributed by atoms with Crippen LogP contribution in [-0.2, 0) is 16.1 Å². The van der Waals surface area contributed by atoms with Gasteiger partial charge >= 0.3 is 5.97 Å². The minimum Gasteiger partial charge on any atom is -0.481 e. The number of benzene rings is 1. The summed E-state index contributed by atoms with van der Waals surface area (Å²) >= 11 is 0. The molecule has 0 aliphatic carbocycles. The van der Waals surface area contributed by atoms with E-state index in [2.05, 4.69) is 5.32 Å². The number of carbonyl (C=O) groups excluding carboxylic acids is 1. The zero-order valence-corrected chi connectivity index (χ0v) is 13.7. The van der Waals surface area contributed by atoms with Crippen LogP contribution in [0.5, 0.6) is 0 Å². The summed E-state index contributed by atoms with van der Waals surface area (Å²) in [4.78, 5) is 24.8. The molecule has 0 unspecified atom stereocenters. The van der Waals surface area contributed by atoms with Crippen LogP contribution in [0.25, 0.3) is 0 Å². The number of carboxylic acids is 1. The number of rotatable bonds is 5. The van der Waals surface area contributed by atoms with E-state index in [1.165, 1.54) is 6.20 Å². The smallest absolute Gasteiger partial charge is 0.306 e. The number of piperidine rings is 1. The number of nitrogens with zero attached hydrogens (tertiary/aromatic N) is 2. The Labute approximate surface area is 141 Å². The minimum absolute atomic E-state index is 0.0384. The predicted molar refractivity (Wildman–Crippen MR) is 88.7 cm³/mol. The Bertz CT molecular complexity index is 683. The van der Waals surface area contributed by atoms with Crippen molar-refractivity contribution in [3.05, 3.63) is 47.2 Å². The Morgan fingerprint density at radius 3 is 2.71 bits per heavy atom. The molecule has 0 saturated carbocycles. The quantitative estimate of drug-likeness (QED) is 0.635. The van der Waals surface area contributed by atoms with Gasteiger partial charge in [0.2, 0.25) is 0 Å². The average Bonchev–Trinajstić information content (AvgIpc) is 2.58. The fraction of sp³-hybridized carbons (Fsp3) is 0.389. The van der Waals surface area contributed by atoms with Gasteiger partial charge in [-0.05, 0) is 25.3 Å². The maximum absolute atomic E-state index is 12.4. The molecule has 1 aliphatic rings. The van der Waals surface area contributed by atoms with Gasteiger partial charge < -0.3 is 15.3 Å². The average molecular weight is 327 g/mol. The van der Waals surface area contributed by atoms with Crippen molar-refractivity contribution in [2.45, 2.75) is 26.3 Å². The molecule has 126 valence electrons. The molecule has 1 saturated heterocycles. The molecule has 0 bridgehead atoms. The molecule has 0 atom stereocenters. The fourth-order valence-electron chi connectivity index (χ4n) is 2.73. The zero-order valence-electron chi connectivity index (χ0n) is 13.7. The highest BCUT2D eigenvalue weighted by Crippen LogP contribution is 2.18. The van der Waals surface area contributed by atoms with Crippen LogP contribution in [0, 0.1) is 24.2 Å². The summed E-state index contributed by atoms with van der Waals surface area (Å²) in [5.41, 5.74) is 2.26. The van der Waals surface area contributed by atoms with Crippen molar-refractivity contribution < 1.29 is 14.7 Å². The molecule has 0 aromatic heterocycles. The lowest BCUT2D eigenvalue weighted by Crippen LogP contribution is -2.41. The van der Waals surface area contributed by atoms with Crippen LogP contribution in [0.1, 0.15) is 24.0 Å². The van der Waals surface area contributed by atoms with E-state index in [4.69, 9.17) is 5.11 Å². The maximum Gasteiger partial charge on any atom is 0.306 e. The lowest BCUT2D eigenvalue weighted by molar-refractivity contribution is -0.145. The third kappa shape index (κ3) is 4.59. The van der Waals surface area contributed by atoms with Crippen molar-refractivity contribution in [2.75, 3.05) is 13.1 Å². The molecule has 1 amide bonds. The first-order chi connectivity index (χ1) is 11.5. The Morgan fingerprint density at radius 1 is 1.42 bits per heavy atom. The standard InChI is InChI=1S/C18H21N3O3/c1-13-3-2-4-14(9-13)11-20-12-16(10-19)17(22)21-7-5-15(6-8-21)18(23)24/h2-4,9,12,15,20H,5-8,11H2,1H3,(H,23,24)/b16-12-. The van der Waals surface area contributed by atoms with Gasteiger partial charge in [-0.2, -0.15) is 5.26 Å². The van der Waals surface area contributed by atoms with Gasteiger partial charge in [-0.25, -0.2) is 0 Å². The molecular weight excluding hydrogens is 306 g/mol. The van der Waals surface area contributed by atoms with Gasteiger partial charge in [-0.15, -0.1) is 0 Å². The maximum atomic E-state index is 12.4. The monoisotopic (exact) mass is 327 g/mol. The van der Waals surface area contributed by atoms with Gasteiger partial charge in [0.15, 0.2) is 0 Å². The highest BCUT2D eigenvalue weighted by Gasteiger charge is 2.28. The van der Waals surface area contributed by atoms with E-state index in [0.717, 1.165) is 11.1 Å². The lowest BCUT2D eigenvalue weighted by atomic mass is 9.97. The van der Waals surface area contributed by atoms with Crippen LogP contribution in [0.3, 0.4) is 0 Å². The van der Waals surface area contributed by atoms with E-state index in [9.17, 15) is 14.9 Å². The molecule has 6 nitrogen and oxygen atoms in total. The summed E-state index contributed by atoms with van der Waals surface area (Å²) in [5.74, 6) is -1.57. The van der Waals surface area contributed by atoms with Crippen LogP contribution < -0.4 is 5.32 Å². The molecule has 1 aromatic carbocycles. The molecule has 1 fully saturated rings. The summed E-state index contributed by atoms with van der Waals surface area (Å²) in [7, 11) is 0. The Morgan fingerprint density at radius 2 is 2.12 bits per heavy atom. The van der Waals surface area contributed by atoms with Crippen molar-refractivity contribution >= 4 is 11.9 Å². The zero-order chi connectivity index (χ0) is 17.5. The highest BCUT2D eigenvalue weighted by molar-refractivity contribution is 5.97. The van der Waals surface area contributed by atoms with E-state index in [1.807, 2.05) is 37.3 Å². The second-order valence-corrected chi connectivity index (χ2v) is 5.94. The summed E-state index contributed by atoms with van der Waals surface area (Å²) in [5, 5.41) is 21.2. The van der Waals surface area contributed by atoms with Gasteiger partial charge in [-0.1, -0.05) is 29.8 Å². The molecule has 1 aliphatic heterocycles. The number of aryl methyl sites for hydroxylation is 1. The number of hydrogen-bond acceptors (Lipinski definition) is 4. The molecular formula is C18H21N3O3. The van der Waals surface area contributed by atoms with E-state index in [-0.39, 0.29) is 11.5 Å². The summed E-state index contributed by atoms with van der Waals surface area (Å²) in [6.07, 6.45) is 2.29. The number of hydrogen-bond donors (Lipinski definition) is 2. The number of carbonyl (C=O) groups is 2. The second kappa shape index (κ2) is 8.16. The van der Waals surface area contributed by atoms with Gasteiger partial charge in [0.05, 0.1) is 5.92 Å². The van der Waals surface area contributed by atoms with Crippen LogP contribution in [-0.4, -0.2) is 35.0 Å². The lowest BCUT2D eigenvalue weighted by Gasteiger charge is -2.29. The Kier molecular flexibility index (Phi) is 5.96. The van der Waals surface area contributed by atoms with Crippen molar-refractivity contribution in [3.8, 4) is 6.07 Å². The van der Waals surface area contributed by atoms with Crippen molar-refractivity contribution in [1.29, 1.82) is 5.26 Å². The van der Waals surface area contributed by atoms with Crippen LogP contribution in [0.4, 0.5) is 0 Å². The Hall–Kier alpha value is -2.81. The van der Waals surface area contributed by atoms with Crippen molar-refractivity contribution in [1.82, 2.24) is 10.2 Å². The number of aliphatic carboxylic acids is 1. The van der Waals surface area contributed by atoms with Crippen molar-refractivity contribution in [3.63, 3.8) is 0 Å². The molecule has 2 rings (SSSR count).